The molecule has 0 unspecified atom stereocenters. The maximum atomic E-state index is 12.7. The van der Waals surface area contributed by atoms with Crippen LogP contribution in [0.5, 0.6) is 0 Å². The van der Waals surface area contributed by atoms with Gasteiger partial charge in [-0.25, -0.2) is 4.98 Å². The van der Waals surface area contributed by atoms with Crippen LogP contribution in [0.15, 0.2) is 28.9 Å². The maximum absolute atomic E-state index is 12.7. The van der Waals surface area contributed by atoms with E-state index < -0.39 is 0 Å². The molecule has 0 aliphatic carbocycles. The number of hydrogen-bond acceptors (Lipinski definition) is 6. The van der Waals surface area contributed by atoms with Gasteiger partial charge in [-0.3, -0.25) is 4.79 Å². The molecule has 2 aromatic heterocycles. The van der Waals surface area contributed by atoms with Crippen molar-refractivity contribution in [2.75, 3.05) is 31.6 Å². The highest BCUT2D eigenvalue weighted by molar-refractivity contribution is 5.96. The Morgan fingerprint density at radius 2 is 2.23 bits per heavy atom. The number of aromatic nitrogens is 2. The number of rotatable bonds is 5. The largest absolute Gasteiger partial charge is 0.371 e. The van der Waals surface area contributed by atoms with Crippen LogP contribution in [0.4, 0.5) is 5.82 Å². The molecule has 7 nitrogen and oxygen atoms in total. The first-order chi connectivity index (χ1) is 12.6. The Labute approximate surface area is 152 Å². The number of anilines is 1. The Hall–Kier alpha value is -2.41. The number of nitrogens with zero attached hydrogens (tertiary/aromatic N) is 3. The summed E-state index contributed by atoms with van der Waals surface area (Å²) in [4.78, 5) is 18.9. The lowest BCUT2D eigenvalue weighted by Crippen LogP contribution is -2.66. The molecule has 2 saturated heterocycles. The van der Waals surface area contributed by atoms with Crippen molar-refractivity contribution in [2.45, 2.75) is 32.3 Å². The van der Waals surface area contributed by atoms with Crippen molar-refractivity contribution in [3.05, 3.63) is 41.4 Å². The molecular weight excluding hydrogens is 332 g/mol. The van der Waals surface area contributed by atoms with Crippen LogP contribution >= 0.6 is 0 Å². The van der Waals surface area contributed by atoms with Crippen LogP contribution in [0.2, 0.25) is 0 Å². The van der Waals surface area contributed by atoms with Crippen LogP contribution < -0.4 is 5.32 Å². The molecule has 2 aliphatic heterocycles. The Morgan fingerprint density at radius 1 is 1.38 bits per heavy atom. The monoisotopic (exact) mass is 356 g/mol. The first-order valence-corrected chi connectivity index (χ1v) is 9.10. The molecular formula is C19H24N4O3. The average Bonchev–Trinajstić information content (AvgIpc) is 3.17. The molecule has 1 N–H and O–H groups in total. The van der Waals surface area contributed by atoms with Gasteiger partial charge in [-0.1, -0.05) is 11.2 Å². The summed E-state index contributed by atoms with van der Waals surface area (Å²) in [5.74, 6) is 1.92. The van der Waals surface area contributed by atoms with Crippen molar-refractivity contribution in [2.24, 2.45) is 5.92 Å². The van der Waals surface area contributed by atoms with Gasteiger partial charge < -0.3 is 19.5 Å². The highest BCUT2D eigenvalue weighted by Crippen LogP contribution is 2.42. The van der Waals surface area contributed by atoms with Crippen molar-refractivity contribution in [3.63, 3.8) is 0 Å². The molecule has 0 saturated carbocycles. The molecule has 0 bridgehead atoms. The number of carbonyl (C=O) groups is 1. The quantitative estimate of drug-likeness (QED) is 0.886. The number of ether oxygens (including phenoxy) is 1. The molecule has 1 spiro atoms. The van der Waals surface area contributed by atoms with E-state index in [0.29, 0.717) is 36.0 Å². The van der Waals surface area contributed by atoms with E-state index in [1.807, 2.05) is 23.1 Å². The second kappa shape index (κ2) is 6.72. The predicted octanol–water partition coefficient (Wildman–Crippen LogP) is 2.42. The van der Waals surface area contributed by atoms with E-state index in [4.69, 9.17) is 9.26 Å². The van der Waals surface area contributed by atoms with Crippen LogP contribution in [0, 0.1) is 19.8 Å². The zero-order chi connectivity index (χ0) is 18.1. The molecule has 2 aromatic rings. The Kier molecular flexibility index (Phi) is 4.40. The number of carbonyl (C=O) groups excluding carboxylic acids is 1. The third kappa shape index (κ3) is 2.96. The summed E-state index contributed by atoms with van der Waals surface area (Å²) in [6.07, 6.45) is 3.83. The van der Waals surface area contributed by atoms with Gasteiger partial charge in [-0.2, -0.15) is 0 Å². The van der Waals surface area contributed by atoms with Crippen molar-refractivity contribution in [1.82, 2.24) is 15.0 Å². The molecule has 26 heavy (non-hydrogen) atoms. The Balaban J connectivity index is 1.34. The van der Waals surface area contributed by atoms with Crippen molar-refractivity contribution >= 4 is 11.7 Å². The molecule has 0 aromatic carbocycles. The first-order valence-electron chi connectivity index (χ1n) is 9.10. The topological polar surface area (TPSA) is 80.5 Å². The SMILES string of the molecule is Cc1noc(C)c1C(=O)N1CC2(C1)OCC[C@H]2CCNc1ccccn1. The number of amides is 1. The zero-order valence-electron chi connectivity index (χ0n) is 15.2. The van der Waals surface area contributed by atoms with E-state index in [-0.39, 0.29) is 11.5 Å². The van der Waals surface area contributed by atoms with Crippen molar-refractivity contribution in [1.29, 1.82) is 0 Å². The van der Waals surface area contributed by atoms with Crippen LogP contribution in [0.3, 0.4) is 0 Å². The Bertz CT molecular complexity index is 764. The van der Waals surface area contributed by atoms with Crippen molar-refractivity contribution in [3.8, 4) is 0 Å². The van der Waals surface area contributed by atoms with E-state index in [9.17, 15) is 4.79 Å². The van der Waals surface area contributed by atoms with E-state index in [1.54, 1.807) is 20.0 Å². The van der Waals surface area contributed by atoms with E-state index in [1.165, 1.54) is 0 Å². The fraction of sp³-hybridized carbons (Fsp3) is 0.526. The summed E-state index contributed by atoms with van der Waals surface area (Å²) in [6.45, 7) is 6.49. The molecule has 2 fully saturated rings. The van der Waals surface area contributed by atoms with Gasteiger partial charge in [0.05, 0.1) is 18.8 Å². The normalized spacial score (nSPS) is 21.0. The number of hydrogen-bond donors (Lipinski definition) is 1. The second-order valence-electron chi connectivity index (χ2n) is 7.19. The molecule has 4 heterocycles. The summed E-state index contributed by atoms with van der Waals surface area (Å²) >= 11 is 0. The predicted molar refractivity (Wildman–Crippen MR) is 96.0 cm³/mol. The highest BCUT2D eigenvalue weighted by Gasteiger charge is 2.54. The van der Waals surface area contributed by atoms with Gasteiger partial charge in [0.2, 0.25) is 0 Å². The molecule has 7 heteroatoms. The van der Waals surface area contributed by atoms with Crippen molar-refractivity contribution < 1.29 is 14.1 Å². The highest BCUT2D eigenvalue weighted by atomic mass is 16.5. The molecule has 4 rings (SSSR count). The lowest BCUT2D eigenvalue weighted by Gasteiger charge is -2.50. The molecule has 138 valence electrons. The number of likely N-dealkylation sites (tertiary alicyclic amines) is 1. The number of nitrogens with one attached hydrogen (secondary N) is 1. The fourth-order valence-corrected chi connectivity index (χ4v) is 4.07. The van der Waals surface area contributed by atoms with Gasteiger partial charge in [0.1, 0.15) is 22.7 Å². The lowest BCUT2D eigenvalue weighted by atomic mass is 9.78. The number of pyridine rings is 1. The van der Waals surface area contributed by atoms with E-state index in [2.05, 4.69) is 15.5 Å². The summed E-state index contributed by atoms with van der Waals surface area (Å²) in [6, 6.07) is 5.85. The zero-order valence-corrected chi connectivity index (χ0v) is 15.2. The second-order valence-corrected chi connectivity index (χ2v) is 7.19. The maximum Gasteiger partial charge on any atom is 0.259 e. The smallest absolute Gasteiger partial charge is 0.259 e. The minimum Gasteiger partial charge on any atom is -0.371 e. The third-order valence-corrected chi connectivity index (χ3v) is 5.52. The minimum atomic E-state index is -0.194. The van der Waals surface area contributed by atoms with Gasteiger partial charge in [0.25, 0.3) is 5.91 Å². The number of aryl methyl sites for hydroxylation is 2. The van der Waals surface area contributed by atoms with Gasteiger partial charge in [0, 0.05) is 19.3 Å². The van der Waals surface area contributed by atoms with E-state index in [0.717, 1.165) is 31.8 Å². The molecule has 1 atom stereocenters. The summed E-state index contributed by atoms with van der Waals surface area (Å²) in [5.41, 5.74) is 1.04. The first kappa shape index (κ1) is 17.0. The van der Waals surface area contributed by atoms with E-state index >= 15 is 0 Å². The molecule has 2 aliphatic rings. The Morgan fingerprint density at radius 3 is 2.92 bits per heavy atom. The van der Waals surface area contributed by atoms with Gasteiger partial charge in [0.15, 0.2) is 0 Å². The molecule has 1 amide bonds. The van der Waals surface area contributed by atoms with Crippen LogP contribution in [0.1, 0.15) is 34.7 Å². The summed E-state index contributed by atoms with van der Waals surface area (Å²) in [5, 5.41) is 7.24. The van der Waals surface area contributed by atoms with Crippen LogP contribution in [-0.2, 0) is 4.74 Å². The van der Waals surface area contributed by atoms with Crippen LogP contribution in [0.25, 0.3) is 0 Å². The lowest BCUT2D eigenvalue weighted by molar-refractivity contribution is -0.117. The fourth-order valence-electron chi connectivity index (χ4n) is 4.07. The van der Waals surface area contributed by atoms with Gasteiger partial charge in [-0.05, 0) is 44.7 Å². The summed E-state index contributed by atoms with van der Waals surface area (Å²) < 4.78 is 11.2. The summed E-state index contributed by atoms with van der Waals surface area (Å²) in [7, 11) is 0. The molecule has 0 radical (unpaired) electrons. The van der Waals surface area contributed by atoms with Gasteiger partial charge >= 0.3 is 0 Å². The standard InChI is InChI=1S/C19H24N4O3/c1-13-17(14(2)26-22-13)18(24)23-11-19(12-23)15(7-10-25-19)6-9-21-16-5-3-4-8-20-16/h3-5,8,15H,6-7,9-12H2,1-2H3,(H,20,21)/t15-/m1/s1. The average molecular weight is 356 g/mol. The van der Waals surface area contributed by atoms with Gasteiger partial charge in [-0.15, -0.1) is 0 Å². The van der Waals surface area contributed by atoms with Crippen LogP contribution in [-0.4, -0.2) is 52.8 Å². The minimum absolute atomic E-state index is 0.00673. The third-order valence-electron chi connectivity index (χ3n) is 5.52.